The highest BCUT2D eigenvalue weighted by Crippen LogP contribution is 2.45. The number of para-hydroxylation sites is 1. The lowest BCUT2D eigenvalue weighted by atomic mass is 10.1. The van der Waals surface area contributed by atoms with Crippen molar-refractivity contribution < 1.29 is 9.30 Å². The van der Waals surface area contributed by atoms with Crippen molar-refractivity contribution in [1.82, 2.24) is 9.88 Å². The van der Waals surface area contributed by atoms with Gasteiger partial charge in [0, 0.05) is 31.2 Å². The molecule has 0 saturated carbocycles. The second-order valence-electron chi connectivity index (χ2n) is 8.22. The van der Waals surface area contributed by atoms with Crippen LogP contribution >= 0.6 is 11.8 Å². The van der Waals surface area contributed by atoms with Crippen LogP contribution in [0.2, 0.25) is 0 Å². The van der Waals surface area contributed by atoms with Gasteiger partial charge in [0.1, 0.15) is 5.52 Å². The van der Waals surface area contributed by atoms with Gasteiger partial charge in [-0.1, -0.05) is 30.0 Å². The molecule has 6 heteroatoms. The van der Waals surface area contributed by atoms with Crippen LogP contribution in [-0.2, 0) is 18.2 Å². The minimum Gasteiger partial charge on any atom is -0.380 e. The second-order valence-corrected chi connectivity index (χ2v) is 9.29. The van der Waals surface area contributed by atoms with E-state index >= 15 is 0 Å². The standard InChI is InChI=1S/C25H31N4OS/c1-27(2)13-15-30-14-7-8-19-11-12-20-21(26-18-28(3)23(20)16-19)17-25-29(4)22-9-5-6-10-24(22)31-25/h5-6,9-12,16-18H,7-8,13-15H2,1-4H3/q+1. The maximum atomic E-state index is 5.74. The molecule has 5 nitrogen and oxygen atoms in total. The predicted molar refractivity (Wildman–Crippen MR) is 129 cm³/mol. The van der Waals surface area contributed by atoms with Crippen molar-refractivity contribution in [2.24, 2.45) is 7.05 Å². The van der Waals surface area contributed by atoms with Crippen LogP contribution in [0.3, 0.4) is 0 Å². The molecule has 0 bridgehead atoms. The van der Waals surface area contributed by atoms with Crippen LogP contribution in [0.1, 0.15) is 17.7 Å². The number of ether oxygens (including phenoxy) is 1. The summed E-state index contributed by atoms with van der Waals surface area (Å²) in [6.45, 7) is 2.56. The number of aryl methyl sites for hydroxylation is 2. The van der Waals surface area contributed by atoms with E-state index in [0.717, 1.165) is 38.3 Å². The highest BCUT2D eigenvalue weighted by molar-refractivity contribution is 8.03. The Labute approximate surface area is 189 Å². The van der Waals surface area contributed by atoms with E-state index in [0.29, 0.717) is 0 Å². The van der Waals surface area contributed by atoms with Crippen molar-refractivity contribution in [2.45, 2.75) is 17.7 Å². The van der Waals surface area contributed by atoms with E-state index in [2.05, 4.69) is 91.1 Å². The molecule has 1 aliphatic rings. The van der Waals surface area contributed by atoms with Gasteiger partial charge in [0.15, 0.2) is 5.69 Å². The molecule has 3 aromatic rings. The number of aromatic nitrogens is 2. The summed E-state index contributed by atoms with van der Waals surface area (Å²) in [5, 5.41) is 2.37. The van der Waals surface area contributed by atoms with E-state index < -0.39 is 0 Å². The first-order valence-electron chi connectivity index (χ1n) is 10.7. The molecule has 162 valence electrons. The van der Waals surface area contributed by atoms with Crippen molar-refractivity contribution in [3.05, 3.63) is 65.1 Å². The third kappa shape index (κ3) is 5.09. The van der Waals surface area contributed by atoms with Gasteiger partial charge < -0.3 is 14.5 Å². The van der Waals surface area contributed by atoms with Crippen molar-refractivity contribution >= 4 is 34.4 Å². The van der Waals surface area contributed by atoms with Crippen LogP contribution in [0, 0.1) is 0 Å². The fourth-order valence-electron chi connectivity index (χ4n) is 3.73. The number of benzene rings is 2. The Kier molecular flexibility index (Phi) is 6.90. The molecule has 0 aliphatic carbocycles. The minimum absolute atomic E-state index is 0.791. The molecule has 0 amide bonds. The first kappa shape index (κ1) is 21.8. The molecular formula is C25H31N4OS+. The van der Waals surface area contributed by atoms with Gasteiger partial charge in [-0.05, 0) is 61.7 Å². The number of anilines is 1. The molecule has 0 atom stereocenters. The van der Waals surface area contributed by atoms with Gasteiger partial charge in [0.2, 0.25) is 0 Å². The van der Waals surface area contributed by atoms with Crippen LogP contribution in [0.5, 0.6) is 0 Å². The first-order valence-corrected chi connectivity index (χ1v) is 11.6. The number of likely N-dealkylation sites (N-methyl/N-ethyl adjacent to an activating group) is 1. The van der Waals surface area contributed by atoms with E-state index in [-0.39, 0.29) is 0 Å². The van der Waals surface area contributed by atoms with E-state index in [4.69, 9.17) is 9.72 Å². The third-order valence-electron chi connectivity index (χ3n) is 5.56. The Morgan fingerprint density at radius 3 is 2.81 bits per heavy atom. The molecule has 0 saturated heterocycles. The molecule has 2 heterocycles. The van der Waals surface area contributed by atoms with Crippen LogP contribution in [0.25, 0.3) is 17.0 Å². The average molecular weight is 436 g/mol. The van der Waals surface area contributed by atoms with E-state index in [1.807, 2.05) is 6.33 Å². The van der Waals surface area contributed by atoms with Crippen LogP contribution in [0.15, 0.2) is 58.7 Å². The number of rotatable bonds is 8. The zero-order chi connectivity index (χ0) is 21.8. The fraction of sp³-hybridized carbons (Fsp3) is 0.360. The maximum Gasteiger partial charge on any atom is 0.287 e. The smallest absolute Gasteiger partial charge is 0.287 e. The summed E-state index contributed by atoms with van der Waals surface area (Å²) >= 11 is 1.80. The number of hydrogen-bond acceptors (Lipinski definition) is 5. The molecule has 0 fully saturated rings. The summed E-state index contributed by atoms with van der Waals surface area (Å²) in [5.74, 6) is 0. The lowest BCUT2D eigenvalue weighted by molar-refractivity contribution is -0.648. The molecule has 1 aromatic heterocycles. The molecule has 4 rings (SSSR count). The largest absolute Gasteiger partial charge is 0.380 e. The summed E-state index contributed by atoms with van der Waals surface area (Å²) in [4.78, 5) is 10.4. The normalized spacial score (nSPS) is 14.7. The van der Waals surface area contributed by atoms with Crippen molar-refractivity contribution in [3.8, 4) is 0 Å². The van der Waals surface area contributed by atoms with Gasteiger partial charge in [-0.25, -0.2) is 4.57 Å². The Balaban J connectivity index is 1.50. The summed E-state index contributed by atoms with van der Waals surface area (Å²) in [6.07, 6.45) is 6.16. The third-order valence-corrected chi connectivity index (χ3v) is 6.72. The minimum atomic E-state index is 0.791. The van der Waals surface area contributed by atoms with Crippen LogP contribution in [0.4, 0.5) is 5.69 Å². The van der Waals surface area contributed by atoms with E-state index in [1.165, 1.54) is 32.1 Å². The molecule has 2 aromatic carbocycles. The molecule has 1 aliphatic heterocycles. The molecule has 0 spiro atoms. The van der Waals surface area contributed by atoms with Gasteiger partial charge in [0.05, 0.1) is 29.8 Å². The highest BCUT2D eigenvalue weighted by atomic mass is 32.2. The first-order chi connectivity index (χ1) is 15.0. The molecule has 0 unspecified atom stereocenters. The summed E-state index contributed by atoms with van der Waals surface area (Å²) in [5.41, 5.74) is 4.80. The predicted octanol–water partition coefficient (Wildman–Crippen LogP) is 4.11. The van der Waals surface area contributed by atoms with Gasteiger partial charge in [-0.2, -0.15) is 0 Å². The lowest BCUT2D eigenvalue weighted by Crippen LogP contribution is -2.29. The summed E-state index contributed by atoms with van der Waals surface area (Å²) < 4.78 is 7.84. The quantitative estimate of drug-likeness (QED) is 0.393. The van der Waals surface area contributed by atoms with Gasteiger partial charge in [-0.3, -0.25) is 0 Å². The van der Waals surface area contributed by atoms with E-state index in [1.54, 1.807) is 11.8 Å². The SMILES string of the molecule is CN(C)CCOCCCc1ccc2c(/C=C3\Sc4ccccc4N3C)nc[n+](C)c2c1. The fourth-order valence-corrected chi connectivity index (χ4v) is 4.82. The number of thioether (sulfide) groups is 1. The van der Waals surface area contributed by atoms with Gasteiger partial charge in [0.25, 0.3) is 6.33 Å². The topological polar surface area (TPSA) is 32.5 Å². The Morgan fingerprint density at radius 1 is 1.16 bits per heavy atom. The Bertz CT molecular complexity index is 1100. The van der Waals surface area contributed by atoms with Crippen LogP contribution < -0.4 is 9.47 Å². The average Bonchev–Trinajstić information content (AvgIpc) is 3.08. The Morgan fingerprint density at radius 2 is 2.00 bits per heavy atom. The second kappa shape index (κ2) is 9.81. The van der Waals surface area contributed by atoms with Gasteiger partial charge in [-0.15, -0.1) is 0 Å². The van der Waals surface area contributed by atoms with E-state index in [9.17, 15) is 0 Å². The summed E-state index contributed by atoms with van der Waals surface area (Å²) in [6, 6.07) is 15.2. The maximum absolute atomic E-state index is 5.74. The summed E-state index contributed by atoms with van der Waals surface area (Å²) in [7, 11) is 8.32. The van der Waals surface area contributed by atoms with Crippen molar-refractivity contribution in [1.29, 1.82) is 0 Å². The Hall–Kier alpha value is -2.41. The number of nitrogens with zero attached hydrogens (tertiary/aromatic N) is 4. The lowest BCUT2D eigenvalue weighted by Gasteiger charge is -2.13. The molecule has 0 N–H and O–H groups in total. The van der Waals surface area contributed by atoms with Crippen molar-refractivity contribution in [3.63, 3.8) is 0 Å². The number of hydrogen-bond donors (Lipinski definition) is 0. The zero-order valence-corrected chi connectivity index (χ0v) is 19.7. The van der Waals surface area contributed by atoms with Crippen LogP contribution in [-0.4, -0.2) is 50.8 Å². The highest BCUT2D eigenvalue weighted by Gasteiger charge is 2.23. The van der Waals surface area contributed by atoms with Crippen molar-refractivity contribution in [2.75, 3.05) is 45.8 Å². The molecular weight excluding hydrogens is 404 g/mol. The monoisotopic (exact) mass is 435 g/mol. The van der Waals surface area contributed by atoms with Gasteiger partial charge >= 0.3 is 0 Å². The molecule has 31 heavy (non-hydrogen) atoms. The number of fused-ring (bicyclic) bond motifs is 2. The zero-order valence-electron chi connectivity index (χ0n) is 18.8. The molecule has 0 radical (unpaired) electrons.